The predicted octanol–water partition coefficient (Wildman–Crippen LogP) is 6.18. The average molecular weight is 544 g/mol. The number of rotatable bonds is 6. The molecule has 0 aliphatic carbocycles. The first-order chi connectivity index (χ1) is 18.7. The Morgan fingerprint density at radius 3 is 2.46 bits per heavy atom. The number of nitrogens with one attached hydrogen (secondary N) is 2. The van der Waals surface area contributed by atoms with E-state index in [1.807, 2.05) is 85.0 Å². The molecular formula is C30H30FN5O2S. The van der Waals surface area contributed by atoms with Gasteiger partial charge in [-0.3, -0.25) is 9.78 Å². The van der Waals surface area contributed by atoms with E-state index in [0.717, 1.165) is 22.8 Å². The van der Waals surface area contributed by atoms with Crippen LogP contribution in [0, 0.1) is 11.2 Å². The summed E-state index contributed by atoms with van der Waals surface area (Å²) in [5.41, 5.74) is 3.40. The molecule has 2 atom stereocenters. The molecule has 0 bridgehead atoms. The number of hydrogen-bond acceptors (Lipinski definition) is 4. The molecule has 1 fully saturated rings. The highest BCUT2D eigenvalue weighted by Crippen LogP contribution is 2.44. The molecule has 1 aliphatic heterocycles. The normalized spacial score (nSPS) is 17.2. The lowest BCUT2D eigenvalue weighted by atomic mass is 9.95. The number of ether oxygens (including phenoxy) is 1. The van der Waals surface area contributed by atoms with Crippen LogP contribution in [0.4, 0.5) is 15.8 Å². The van der Waals surface area contributed by atoms with Crippen molar-refractivity contribution in [2.45, 2.75) is 32.9 Å². The Balaban J connectivity index is 1.60. The summed E-state index contributed by atoms with van der Waals surface area (Å²) in [6, 6.07) is 21.2. The van der Waals surface area contributed by atoms with Crippen LogP contribution >= 0.6 is 12.2 Å². The lowest BCUT2D eigenvalue weighted by Gasteiger charge is -2.29. The number of anilines is 2. The molecule has 2 aromatic heterocycles. The number of nitrogens with zero attached hydrogens (tertiary/aromatic N) is 3. The minimum absolute atomic E-state index is 0.114. The summed E-state index contributed by atoms with van der Waals surface area (Å²) in [5.74, 6) is 0.105. The number of hydrogen-bond donors (Lipinski definition) is 2. The van der Waals surface area contributed by atoms with Crippen molar-refractivity contribution in [1.29, 1.82) is 0 Å². The quantitative estimate of drug-likeness (QED) is 0.283. The number of carbonyl (C=O) groups is 1. The first kappa shape index (κ1) is 26.4. The minimum Gasteiger partial charge on any atom is -0.494 e. The Labute approximate surface area is 232 Å². The molecule has 4 aromatic rings. The third-order valence-electron chi connectivity index (χ3n) is 6.68. The maximum atomic E-state index is 13.7. The molecule has 0 unspecified atom stereocenters. The van der Waals surface area contributed by atoms with Crippen LogP contribution in [-0.2, 0) is 4.79 Å². The van der Waals surface area contributed by atoms with Crippen LogP contribution in [0.25, 0.3) is 5.69 Å². The highest BCUT2D eigenvalue weighted by atomic mass is 32.1. The molecule has 0 saturated carbocycles. The fourth-order valence-electron chi connectivity index (χ4n) is 4.65. The van der Waals surface area contributed by atoms with E-state index in [2.05, 4.69) is 15.6 Å². The van der Waals surface area contributed by atoms with Crippen molar-refractivity contribution in [3.63, 3.8) is 0 Å². The van der Waals surface area contributed by atoms with E-state index >= 15 is 0 Å². The minimum atomic E-state index is -0.559. The Hall–Kier alpha value is -4.24. The van der Waals surface area contributed by atoms with E-state index < -0.39 is 5.41 Å². The van der Waals surface area contributed by atoms with E-state index in [4.69, 9.17) is 17.0 Å². The standard InChI is InChI=1S/C30H30FN5O2S/c1-30(2,3)28(37)33-22-15-14-21(18-25(22)38-4)36-27(26(34-29(36)39)23-8-5-6-16-32-23)24-9-7-17-35(24)20-12-10-19(31)11-13-20/h5-18,26-27H,1-4H3,(H,33,37)(H,34,39)/t26-,27-/m1/s1. The number of benzene rings is 2. The molecule has 1 aliphatic rings. The molecule has 3 heterocycles. The van der Waals surface area contributed by atoms with E-state index in [1.165, 1.54) is 12.1 Å². The molecular weight excluding hydrogens is 513 g/mol. The number of methoxy groups -OCH3 is 1. The number of amides is 1. The molecule has 200 valence electrons. The molecule has 39 heavy (non-hydrogen) atoms. The van der Waals surface area contributed by atoms with Crippen LogP contribution in [0.1, 0.15) is 44.2 Å². The average Bonchev–Trinajstić information content (AvgIpc) is 3.53. The molecule has 7 nitrogen and oxygen atoms in total. The summed E-state index contributed by atoms with van der Waals surface area (Å²) >= 11 is 5.88. The second-order valence-electron chi connectivity index (χ2n) is 10.4. The first-order valence-electron chi connectivity index (χ1n) is 12.6. The topological polar surface area (TPSA) is 71.4 Å². The van der Waals surface area contributed by atoms with Crippen molar-refractivity contribution < 1.29 is 13.9 Å². The Morgan fingerprint density at radius 1 is 1.05 bits per heavy atom. The van der Waals surface area contributed by atoms with Gasteiger partial charge in [-0.2, -0.15) is 0 Å². The Kier molecular flexibility index (Phi) is 7.10. The maximum Gasteiger partial charge on any atom is 0.229 e. The summed E-state index contributed by atoms with van der Waals surface area (Å²) < 4.78 is 21.4. The predicted molar refractivity (Wildman–Crippen MR) is 155 cm³/mol. The van der Waals surface area contributed by atoms with Crippen LogP contribution in [0.2, 0.25) is 0 Å². The third-order valence-corrected chi connectivity index (χ3v) is 6.99. The zero-order chi connectivity index (χ0) is 27.7. The van der Waals surface area contributed by atoms with Crippen molar-refractivity contribution in [3.8, 4) is 11.4 Å². The lowest BCUT2D eigenvalue weighted by molar-refractivity contribution is -0.123. The SMILES string of the molecule is COc1cc(N2C(=S)N[C@H](c3ccccn3)[C@H]2c2cccn2-c2ccc(F)cc2)ccc1NC(=O)C(C)(C)C. The fourth-order valence-corrected chi connectivity index (χ4v) is 4.99. The van der Waals surface area contributed by atoms with Gasteiger partial charge in [0.1, 0.15) is 17.6 Å². The van der Waals surface area contributed by atoms with Gasteiger partial charge in [0, 0.05) is 40.9 Å². The molecule has 2 N–H and O–H groups in total. The third kappa shape index (κ3) is 5.22. The van der Waals surface area contributed by atoms with Gasteiger partial charge in [0.2, 0.25) is 5.91 Å². The molecule has 9 heteroatoms. The number of carbonyl (C=O) groups excluding carboxylic acids is 1. The van der Waals surface area contributed by atoms with Crippen LogP contribution in [-0.4, -0.2) is 27.7 Å². The summed E-state index contributed by atoms with van der Waals surface area (Å²) in [6.07, 6.45) is 3.71. The Morgan fingerprint density at radius 2 is 1.79 bits per heavy atom. The molecule has 1 amide bonds. The highest BCUT2D eigenvalue weighted by Gasteiger charge is 2.42. The molecule has 0 radical (unpaired) electrons. The van der Waals surface area contributed by atoms with Crippen LogP contribution in [0.5, 0.6) is 5.75 Å². The zero-order valence-electron chi connectivity index (χ0n) is 22.2. The van der Waals surface area contributed by atoms with Crippen molar-refractivity contribution in [3.05, 3.63) is 102 Å². The molecule has 5 rings (SSSR count). The van der Waals surface area contributed by atoms with E-state index in [9.17, 15) is 9.18 Å². The van der Waals surface area contributed by atoms with Crippen LogP contribution < -0.4 is 20.3 Å². The van der Waals surface area contributed by atoms with Gasteiger partial charge in [0.25, 0.3) is 0 Å². The number of aromatic nitrogens is 2. The van der Waals surface area contributed by atoms with E-state index in [0.29, 0.717) is 16.5 Å². The highest BCUT2D eigenvalue weighted by molar-refractivity contribution is 7.80. The number of pyridine rings is 1. The summed E-state index contributed by atoms with van der Waals surface area (Å²) in [5, 5.41) is 6.95. The van der Waals surface area contributed by atoms with Gasteiger partial charge in [-0.05, 0) is 72.9 Å². The molecule has 1 saturated heterocycles. The Bertz CT molecular complexity index is 1500. The lowest BCUT2D eigenvalue weighted by Crippen LogP contribution is -2.30. The van der Waals surface area contributed by atoms with Gasteiger partial charge in [0.15, 0.2) is 5.11 Å². The largest absolute Gasteiger partial charge is 0.494 e. The summed E-state index contributed by atoms with van der Waals surface area (Å²) in [4.78, 5) is 19.3. The van der Waals surface area contributed by atoms with Gasteiger partial charge in [-0.1, -0.05) is 26.8 Å². The summed E-state index contributed by atoms with van der Waals surface area (Å²) in [7, 11) is 1.57. The monoisotopic (exact) mass is 543 g/mol. The maximum absolute atomic E-state index is 13.7. The van der Waals surface area contributed by atoms with Crippen LogP contribution in [0.15, 0.2) is 85.2 Å². The van der Waals surface area contributed by atoms with E-state index in [-0.39, 0.29) is 23.8 Å². The number of halogens is 1. The number of thiocarbonyl (C=S) groups is 1. The molecule has 0 spiro atoms. The summed E-state index contributed by atoms with van der Waals surface area (Å²) in [6.45, 7) is 5.57. The van der Waals surface area contributed by atoms with Crippen LogP contribution in [0.3, 0.4) is 0 Å². The first-order valence-corrected chi connectivity index (χ1v) is 13.0. The second kappa shape index (κ2) is 10.5. The van der Waals surface area contributed by atoms with Crippen molar-refractivity contribution in [2.75, 3.05) is 17.3 Å². The van der Waals surface area contributed by atoms with Gasteiger partial charge >= 0.3 is 0 Å². The van der Waals surface area contributed by atoms with Crippen molar-refractivity contribution in [2.24, 2.45) is 5.41 Å². The fraction of sp³-hybridized carbons (Fsp3) is 0.233. The van der Waals surface area contributed by atoms with E-state index in [1.54, 1.807) is 25.4 Å². The smallest absolute Gasteiger partial charge is 0.229 e. The van der Waals surface area contributed by atoms with Gasteiger partial charge < -0.3 is 24.8 Å². The molecule has 2 aromatic carbocycles. The van der Waals surface area contributed by atoms with Crippen molar-refractivity contribution >= 4 is 34.6 Å². The van der Waals surface area contributed by atoms with Gasteiger partial charge in [0.05, 0.1) is 24.5 Å². The van der Waals surface area contributed by atoms with Crippen molar-refractivity contribution in [1.82, 2.24) is 14.9 Å². The zero-order valence-corrected chi connectivity index (χ0v) is 23.0. The van der Waals surface area contributed by atoms with Gasteiger partial charge in [-0.25, -0.2) is 4.39 Å². The van der Waals surface area contributed by atoms with Gasteiger partial charge in [-0.15, -0.1) is 0 Å². The second-order valence-corrected chi connectivity index (χ2v) is 10.8.